The van der Waals surface area contributed by atoms with Gasteiger partial charge in [0.1, 0.15) is 0 Å². The number of likely N-dealkylation sites (N-methyl/N-ethyl adjacent to an activating group) is 1. The molecule has 0 aliphatic carbocycles. The molecule has 0 bridgehead atoms. The Hall–Kier alpha value is -1.86. The van der Waals surface area contributed by atoms with Crippen LogP contribution in [0.15, 0.2) is 47.8 Å². The predicted molar refractivity (Wildman–Crippen MR) is 72.0 cm³/mol. The average molecular weight is 295 g/mol. The van der Waals surface area contributed by atoms with Gasteiger partial charge in [0.25, 0.3) is 10.0 Å². The molecule has 0 saturated heterocycles. The summed E-state index contributed by atoms with van der Waals surface area (Å²) in [6.45, 7) is 0.204. The number of hydrogen-bond acceptors (Lipinski definition) is 4. The standard InChI is InChI=1S/C13H14FN3O2S/c1-17(10-7-11-5-2-3-8-15-11)20(18,19)13-12(14)6-4-9-16-13/h2-6,8-9H,7,10H2,1H3. The van der Waals surface area contributed by atoms with Crippen LogP contribution in [-0.2, 0) is 16.4 Å². The maximum Gasteiger partial charge on any atom is 0.263 e. The average Bonchev–Trinajstić information content (AvgIpc) is 2.46. The Bertz CT molecular complexity index is 677. The lowest BCUT2D eigenvalue weighted by atomic mass is 10.3. The lowest BCUT2D eigenvalue weighted by molar-refractivity contribution is 0.459. The molecule has 0 N–H and O–H groups in total. The third-order valence-corrected chi connectivity index (χ3v) is 4.58. The van der Waals surface area contributed by atoms with Crippen molar-refractivity contribution in [2.24, 2.45) is 0 Å². The molecule has 0 saturated carbocycles. The molecule has 2 aromatic heterocycles. The van der Waals surface area contributed by atoms with Crippen LogP contribution in [0.5, 0.6) is 0 Å². The van der Waals surface area contributed by atoms with Gasteiger partial charge in [-0.1, -0.05) is 6.07 Å². The van der Waals surface area contributed by atoms with Gasteiger partial charge in [0.2, 0.25) is 5.03 Å². The lowest BCUT2D eigenvalue weighted by Gasteiger charge is -2.16. The summed E-state index contributed by atoms with van der Waals surface area (Å²) in [5, 5.41) is -0.552. The van der Waals surface area contributed by atoms with Crippen LogP contribution in [-0.4, -0.2) is 36.3 Å². The first-order chi connectivity index (χ1) is 9.51. The van der Waals surface area contributed by atoms with Gasteiger partial charge in [0, 0.05) is 38.1 Å². The molecule has 7 heteroatoms. The Morgan fingerprint density at radius 1 is 1.15 bits per heavy atom. The van der Waals surface area contributed by atoms with Gasteiger partial charge >= 0.3 is 0 Å². The second-order valence-corrected chi connectivity index (χ2v) is 6.15. The monoisotopic (exact) mass is 295 g/mol. The van der Waals surface area contributed by atoms with Gasteiger partial charge < -0.3 is 0 Å². The molecular formula is C13H14FN3O2S. The summed E-state index contributed by atoms with van der Waals surface area (Å²) in [5.74, 6) is -0.850. The number of halogens is 1. The molecule has 106 valence electrons. The molecule has 0 aliphatic rings. The van der Waals surface area contributed by atoms with Crippen LogP contribution in [0.4, 0.5) is 4.39 Å². The Morgan fingerprint density at radius 3 is 2.55 bits per heavy atom. The number of aromatic nitrogens is 2. The molecule has 0 fully saturated rings. The highest BCUT2D eigenvalue weighted by Gasteiger charge is 2.25. The Labute approximate surface area is 117 Å². The van der Waals surface area contributed by atoms with Crippen molar-refractivity contribution in [3.8, 4) is 0 Å². The third kappa shape index (κ3) is 3.17. The highest BCUT2D eigenvalue weighted by atomic mass is 32.2. The second kappa shape index (κ2) is 6.06. The van der Waals surface area contributed by atoms with E-state index in [0.717, 1.165) is 16.1 Å². The maximum atomic E-state index is 13.5. The van der Waals surface area contributed by atoms with Crippen LogP contribution in [0.25, 0.3) is 0 Å². The van der Waals surface area contributed by atoms with Crippen molar-refractivity contribution in [2.45, 2.75) is 11.4 Å². The minimum atomic E-state index is -3.92. The van der Waals surface area contributed by atoms with Crippen LogP contribution in [0, 0.1) is 5.82 Å². The molecule has 2 heterocycles. The minimum Gasteiger partial charge on any atom is -0.261 e. The van der Waals surface area contributed by atoms with Gasteiger partial charge in [0.15, 0.2) is 5.82 Å². The Balaban J connectivity index is 2.12. The summed E-state index contributed by atoms with van der Waals surface area (Å²) in [6, 6.07) is 7.85. The van der Waals surface area contributed by atoms with Crippen LogP contribution >= 0.6 is 0 Å². The maximum absolute atomic E-state index is 13.5. The van der Waals surface area contributed by atoms with Crippen LogP contribution in [0.1, 0.15) is 5.69 Å². The van der Waals surface area contributed by atoms with Gasteiger partial charge in [-0.3, -0.25) is 4.98 Å². The topological polar surface area (TPSA) is 63.2 Å². The van der Waals surface area contributed by atoms with Crippen molar-refractivity contribution in [1.29, 1.82) is 0 Å². The summed E-state index contributed by atoms with van der Waals surface area (Å²) in [5.41, 5.74) is 0.774. The van der Waals surface area contributed by atoms with Crippen molar-refractivity contribution in [3.63, 3.8) is 0 Å². The van der Waals surface area contributed by atoms with Gasteiger partial charge in [-0.05, 0) is 24.3 Å². The quantitative estimate of drug-likeness (QED) is 0.838. The van der Waals surface area contributed by atoms with E-state index in [1.54, 1.807) is 12.3 Å². The first-order valence-electron chi connectivity index (χ1n) is 5.98. The molecule has 0 amide bonds. The van der Waals surface area contributed by atoms with E-state index in [1.807, 2.05) is 12.1 Å². The zero-order valence-corrected chi connectivity index (χ0v) is 11.7. The number of rotatable bonds is 5. The summed E-state index contributed by atoms with van der Waals surface area (Å²) in [6.07, 6.45) is 3.34. The summed E-state index contributed by atoms with van der Waals surface area (Å²) in [7, 11) is -2.53. The van der Waals surface area contributed by atoms with Crippen molar-refractivity contribution in [1.82, 2.24) is 14.3 Å². The fourth-order valence-electron chi connectivity index (χ4n) is 1.65. The van der Waals surface area contributed by atoms with E-state index < -0.39 is 20.9 Å². The molecule has 2 rings (SSSR count). The van der Waals surface area contributed by atoms with Gasteiger partial charge in [-0.25, -0.2) is 17.8 Å². The van der Waals surface area contributed by atoms with Crippen molar-refractivity contribution >= 4 is 10.0 Å². The third-order valence-electron chi connectivity index (χ3n) is 2.79. The molecule has 20 heavy (non-hydrogen) atoms. The zero-order valence-electron chi connectivity index (χ0n) is 10.9. The highest BCUT2D eigenvalue weighted by molar-refractivity contribution is 7.89. The number of nitrogens with zero attached hydrogens (tertiary/aromatic N) is 3. The molecule has 0 atom stereocenters. The van der Waals surface area contributed by atoms with Crippen molar-refractivity contribution in [2.75, 3.05) is 13.6 Å². The summed E-state index contributed by atoms with van der Waals surface area (Å²) < 4.78 is 39.0. The molecule has 0 unspecified atom stereocenters. The number of sulfonamides is 1. The highest BCUT2D eigenvalue weighted by Crippen LogP contribution is 2.15. The molecule has 0 aromatic carbocycles. The number of pyridine rings is 2. The first-order valence-corrected chi connectivity index (χ1v) is 7.42. The van der Waals surface area contributed by atoms with E-state index in [1.165, 1.54) is 19.3 Å². The molecule has 0 spiro atoms. The van der Waals surface area contributed by atoms with E-state index >= 15 is 0 Å². The predicted octanol–water partition coefficient (Wildman–Crippen LogP) is 1.48. The second-order valence-electron chi connectivity index (χ2n) is 4.19. The van der Waals surface area contributed by atoms with Crippen LogP contribution < -0.4 is 0 Å². The molecule has 5 nitrogen and oxygen atoms in total. The van der Waals surface area contributed by atoms with E-state index in [2.05, 4.69) is 9.97 Å². The van der Waals surface area contributed by atoms with Crippen LogP contribution in [0.2, 0.25) is 0 Å². The van der Waals surface area contributed by atoms with Crippen molar-refractivity contribution < 1.29 is 12.8 Å². The van der Waals surface area contributed by atoms with E-state index in [4.69, 9.17) is 0 Å². The SMILES string of the molecule is CN(CCc1ccccn1)S(=O)(=O)c1ncccc1F. The van der Waals surface area contributed by atoms with Crippen molar-refractivity contribution in [3.05, 3.63) is 54.2 Å². The smallest absolute Gasteiger partial charge is 0.261 e. The van der Waals surface area contributed by atoms with Gasteiger partial charge in [-0.15, -0.1) is 0 Å². The van der Waals surface area contributed by atoms with E-state index in [0.29, 0.717) is 6.42 Å². The van der Waals surface area contributed by atoms with Crippen LogP contribution in [0.3, 0.4) is 0 Å². The Kier molecular flexibility index (Phi) is 4.41. The van der Waals surface area contributed by atoms with E-state index in [9.17, 15) is 12.8 Å². The normalized spacial score (nSPS) is 11.8. The number of hydrogen-bond donors (Lipinski definition) is 0. The Morgan fingerprint density at radius 2 is 1.90 bits per heavy atom. The molecule has 0 radical (unpaired) electrons. The fraction of sp³-hybridized carbons (Fsp3) is 0.231. The van der Waals surface area contributed by atoms with Gasteiger partial charge in [0.05, 0.1) is 0 Å². The van der Waals surface area contributed by atoms with Gasteiger partial charge in [-0.2, -0.15) is 4.31 Å². The fourth-order valence-corrected chi connectivity index (χ4v) is 2.78. The summed E-state index contributed by atoms with van der Waals surface area (Å²) >= 11 is 0. The lowest BCUT2D eigenvalue weighted by Crippen LogP contribution is -2.30. The minimum absolute atomic E-state index is 0.204. The molecular weight excluding hydrogens is 281 g/mol. The largest absolute Gasteiger partial charge is 0.263 e. The molecule has 0 aliphatic heterocycles. The van der Waals surface area contributed by atoms with E-state index in [-0.39, 0.29) is 6.54 Å². The zero-order chi connectivity index (χ0) is 14.6. The molecule has 2 aromatic rings. The first kappa shape index (κ1) is 14.5. The summed E-state index contributed by atoms with van der Waals surface area (Å²) in [4.78, 5) is 7.72.